The largest absolute Gasteiger partial charge is 0.476 e. The van der Waals surface area contributed by atoms with Gasteiger partial charge in [-0.05, 0) is 62.1 Å². The zero-order valence-corrected chi connectivity index (χ0v) is 19.6. The Hall–Kier alpha value is -2.87. The van der Waals surface area contributed by atoms with E-state index in [1.807, 2.05) is 0 Å². The lowest BCUT2D eigenvalue weighted by molar-refractivity contribution is -0.0442. The number of aromatic nitrogens is 2. The number of anilines is 1. The number of amides is 1. The highest BCUT2D eigenvalue weighted by molar-refractivity contribution is 5.88. The highest BCUT2D eigenvalue weighted by Crippen LogP contribution is 2.42. The lowest BCUT2D eigenvalue weighted by Crippen LogP contribution is -2.60. The molecule has 4 heterocycles. The lowest BCUT2D eigenvalue weighted by Gasteiger charge is -2.54. The molecule has 0 saturated carbocycles. The first kappa shape index (κ1) is 21.9. The maximum Gasteiger partial charge on any atom is 0.356 e. The number of rotatable bonds is 4. The molecule has 0 bridgehead atoms. The van der Waals surface area contributed by atoms with Crippen molar-refractivity contribution in [3.8, 4) is 0 Å². The third-order valence-electron chi connectivity index (χ3n) is 7.59. The van der Waals surface area contributed by atoms with E-state index in [1.165, 1.54) is 40.5 Å². The van der Waals surface area contributed by atoms with E-state index in [2.05, 4.69) is 40.0 Å². The summed E-state index contributed by atoms with van der Waals surface area (Å²) >= 11 is 0. The number of carboxylic acids is 1. The van der Waals surface area contributed by atoms with Crippen LogP contribution in [0, 0.1) is 19.3 Å². The first-order valence-electron chi connectivity index (χ1n) is 12.0. The molecule has 3 saturated heterocycles. The molecule has 2 aromatic rings. The van der Waals surface area contributed by atoms with E-state index in [1.54, 1.807) is 11.8 Å². The third kappa shape index (κ3) is 4.24. The predicted molar refractivity (Wildman–Crippen MR) is 126 cm³/mol. The lowest BCUT2D eigenvalue weighted by atomic mass is 9.72. The van der Waals surface area contributed by atoms with Crippen LogP contribution in [-0.2, 0) is 6.54 Å². The van der Waals surface area contributed by atoms with Crippen LogP contribution in [0.5, 0.6) is 0 Å². The molecule has 33 heavy (non-hydrogen) atoms. The Balaban J connectivity index is 1.17. The Morgan fingerprint density at radius 3 is 2.39 bits per heavy atom. The minimum Gasteiger partial charge on any atom is -0.476 e. The fourth-order valence-electron chi connectivity index (χ4n) is 5.72. The molecule has 3 aliphatic heterocycles. The summed E-state index contributed by atoms with van der Waals surface area (Å²) in [6.07, 6.45) is 6.04. The molecule has 3 fully saturated rings. The van der Waals surface area contributed by atoms with Gasteiger partial charge in [0.25, 0.3) is 0 Å². The van der Waals surface area contributed by atoms with Crippen LogP contribution in [0.2, 0.25) is 0 Å². The van der Waals surface area contributed by atoms with Gasteiger partial charge in [0.1, 0.15) is 0 Å². The monoisotopic (exact) mass is 451 g/mol. The molecule has 176 valence electrons. The van der Waals surface area contributed by atoms with Crippen molar-refractivity contribution in [2.75, 3.05) is 44.2 Å². The van der Waals surface area contributed by atoms with Gasteiger partial charge in [0.05, 0.1) is 0 Å². The van der Waals surface area contributed by atoms with E-state index in [-0.39, 0.29) is 11.7 Å². The first-order chi connectivity index (χ1) is 15.8. The zero-order chi connectivity index (χ0) is 23.2. The van der Waals surface area contributed by atoms with Crippen molar-refractivity contribution in [1.82, 2.24) is 19.6 Å². The SMILES string of the molecule is Cc1ccc(CN2CC3(CCN(C(=O)n4cc(C)c(C(=O)O)n4)CC3)C2)c(N2CCCC2)c1. The molecule has 8 heteroatoms. The van der Waals surface area contributed by atoms with Gasteiger partial charge in [0.2, 0.25) is 0 Å². The quantitative estimate of drug-likeness (QED) is 0.768. The molecular formula is C25H33N5O3. The van der Waals surface area contributed by atoms with Gasteiger partial charge in [-0.3, -0.25) is 4.90 Å². The fraction of sp³-hybridized carbons (Fsp3) is 0.560. The first-order valence-corrected chi connectivity index (χ1v) is 12.0. The molecule has 5 rings (SSSR count). The van der Waals surface area contributed by atoms with Gasteiger partial charge in [0, 0.05) is 63.3 Å². The molecule has 3 aliphatic rings. The fourth-order valence-corrected chi connectivity index (χ4v) is 5.72. The summed E-state index contributed by atoms with van der Waals surface area (Å²) in [5, 5.41) is 13.2. The van der Waals surface area contributed by atoms with Gasteiger partial charge in [0.15, 0.2) is 5.69 Å². The van der Waals surface area contributed by atoms with E-state index in [9.17, 15) is 14.7 Å². The van der Waals surface area contributed by atoms with Crippen LogP contribution in [0.1, 0.15) is 52.9 Å². The topological polar surface area (TPSA) is 81.9 Å². The summed E-state index contributed by atoms with van der Waals surface area (Å²) in [5.41, 5.74) is 4.89. The molecule has 0 aliphatic carbocycles. The minimum absolute atomic E-state index is 0.0594. The molecule has 1 aromatic heterocycles. The molecule has 0 unspecified atom stereocenters. The summed E-state index contributed by atoms with van der Waals surface area (Å²) in [6, 6.07) is 6.63. The van der Waals surface area contributed by atoms with Crippen molar-refractivity contribution in [1.29, 1.82) is 0 Å². The molecule has 1 aromatic carbocycles. The van der Waals surface area contributed by atoms with Crippen LogP contribution >= 0.6 is 0 Å². The normalized spacial score (nSPS) is 20.3. The van der Waals surface area contributed by atoms with Crippen LogP contribution in [0.3, 0.4) is 0 Å². The van der Waals surface area contributed by atoms with E-state index in [0.29, 0.717) is 24.1 Å². The van der Waals surface area contributed by atoms with Crippen LogP contribution in [0.15, 0.2) is 24.4 Å². The number of carbonyl (C=O) groups excluding carboxylic acids is 1. The van der Waals surface area contributed by atoms with Crippen molar-refractivity contribution in [2.24, 2.45) is 5.41 Å². The smallest absolute Gasteiger partial charge is 0.356 e. The number of likely N-dealkylation sites (tertiary alicyclic amines) is 2. The predicted octanol–water partition coefficient (Wildman–Crippen LogP) is 3.36. The maximum absolute atomic E-state index is 12.8. The number of aryl methyl sites for hydroxylation is 2. The Bertz CT molecular complexity index is 1060. The molecule has 0 radical (unpaired) electrons. The van der Waals surface area contributed by atoms with Crippen LogP contribution in [-0.4, -0.2) is 76.0 Å². The number of carboxylic acid groups (broad SMARTS) is 1. The second-order valence-corrected chi connectivity index (χ2v) is 10.2. The van der Waals surface area contributed by atoms with Gasteiger partial charge < -0.3 is 14.9 Å². The summed E-state index contributed by atoms with van der Waals surface area (Å²) in [6.45, 7) is 10.7. The van der Waals surface area contributed by atoms with Crippen molar-refractivity contribution in [3.05, 3.63) is 46.8 Å². The van der Waals surface area contributed by atoms with E-state index in [4.69, 9.17) is 0 Å². The van der Waals surface area contributed by atoms with Crippen LogP contribution < -0.4 is 4.90 Å². The van der Waals surface area contributed by atoms with Gasteiger partial charge in [-0.25, -0.2) is 9.59 Å². The van der Waals surface area contributed by atoms with Gasteiger partial charge in [-0.15, -0.1) is 0 Å². The Kier molecular flexibility index (Phi) is 5.64. The number of nitrogens with zero attached hydrogens (tertiary/aromatic N) is 5. The highest BCUT2D eigenvalue weighted by atomic mass is 16.4. The Labute approximate surface area is 194 Å². The summed E-state index contributed by atoms with van der Waals surface area (Å²) in [4.78, 5) is 30.9. The number of hydrogen-bond donors (Lipinski definition) is 1. The molecular weight excluding hydrogens is 418 g/mol. The number of piperidine rings is 1. The summed E-state index contributed by atoms with van der Waals surface area (Å²) in [7, 11) is 0. The molecule has 1 spiro atoms. The van der Waals surface area contributed by atoms with Crippen molar-refractivity contribution in [3.63, 3.8) is 0 Å². The van der Waals surface area contributed by atoms with E-state index >= 15 is 0 Å². The Morgan fingerprint density at radius 2 is 1.76 bits per heavy atom. The molecule has 0 atom stereocenters. The van der Waals surface area contributed by atoms with Crippen molar-refractivity contribution >= 4 is 17.7 Å². The summed E-state index contributed by atoms with van der Waals surface area (Å²) in [5.74, 6) is -1.10. The standard InChI is InChI=1S/C25H33N5O3/c1-18-5-6-20(21(13-18)28-9-3-4-10-28)15-27-16-25(17-27)7-11-29(12-8-25)24(33)30-14-19(2)22(26-30)23(31)32/h5-6,13-14H,3-4,7-12,15-17H2,1-2H3,(H,31,32). The zero-order valence-electron chi connectivity index (χ0n) is 19.6. The van der Waals surface area contributed by atoms with Crippen molar-refractivity contribution in [2.45, 2.75) is 46.1 Å². The van der Waals surface area contributed by atoms with Gasteiger partial charge in [-0.2, -0.15) is 9.78 Å². The van der Waals surface area contributed by atoms with E-state index in [0.717, 1.165) is 45.6 Å². The number of benzene rings is 1. The maximum atomic E-state index is 12.8. The van der Waals surface area contributed by atoms with Crippen LogP contribution in [0.4, 0.5) is 10.5 Å². The molecule has 1 N–H and O–H groups in total. The second-order valence-electron chi connectivity index (χ2n) is 10.2. The average Bonchev–Trinajstić information content (AvgIpc) is 3.44. The Morgan fingerprint density at radius 1 is 1.06 bits per heavy atom. The second kappa shape index (κ2) is 8.48. The average molecular weight is 452 g/mol. The van der Waals surface area contributed by atoms with E-state index < -0.39 is 5.97 Å². The highest BCUT2D eigenvalue weighted by Gasteiger charge is 2.45. The van der Waals surface area contributed by atoms with Gasteiger partial charge in [-0.1, -0.05) is 12.1 Å². The number of carbonyl (C=O) groups is 2. The molecule has 8 nitrogen and oxygen atoms in total. The van der Waals surface area contributed by atoms with Crippen LogP contribution in [0.25, 0.3) is 0 Å². The summed E-state index contributed by atoms with van der Waals surface area (Å²) < 4.78 is 1.18. The number of aromatic carboxylic acids is 1. The third-order valence-corrected chi connectivity index (χ3v) is 7.59. The number of hydrogen-bond acceptors (Lipinski definition) is 5. The van der Waals surface area contributed by atoms with Gasteiger partial charge >= 0.3 is 12.0 Å². The minimum atomic E-state index is -1.10. The van der Waals surface area contributed by atoms with Crippen molar-refractivity contribution < 1.29 is 14.7 Å². The molecule has 1 amide bonds.